The van der Waals surface area contributed by atoms with Crippen LogP contribution in [-0.4, -0.2) is 18.6 Å². The maximum Gasteiger partial charge on any atom is 0.326 e. The van der Waals surface area contributed by atoms with Crippen molar-refractivity contribution in [3.63, 3.8) is 0 Å². The van der Waals surface area contributed by atoms with E-state index in [1.807, 2.05) is 31.3 Å². The van der Waals surface area contributed by atoms with Crippen molar-refractivity contribution in [1.29, 1.82) is 0 Å². The first-order chi connectivity index (χ1) is 9.95. The van der Waals surface area contributed by atoms with E-state index in [9.17, 15) is 4.79 Å². The molecule has 6 heteroatoms. The number of benzene rings is 1. The largest absolute Gasteiger partial charge is 0.351 e. The molecule has 116 valence electrons. The number of hydrogen-bond acceptors (Lipinski definition) is 3. The maximum absolute atomic E-state index is 11.1. The van der Waals surface area contributed by atoms with Gasteiger partial charge < -0.3 is 11.1 Å². The lowest BCUT2D eigenvalue weighted by Crippen LogP contribution is -2.69. The SMILES string of the molecule is CNC1(c2ccccc2Cl)CCCCC1(C)NNC(N)=O. The second-order valence-corrected chi connectivity index (χ2v) is 6.20. The maximum atomic E-state index is 11.1. The van der Waals surface area contributed by atoms with Crippen molar-refractivity contribution in [2.24, 2.45) is 5.73 Å². The number of carbonyl (C=O) groups excluding carboxylic acids is 1. The van der Waals surface area contributed by atoms with E-state index < -0.39 is 6.03 Å². The third-order valence-corrected chi connectivity index (χ3v) is 4.97. The Kier molecular flexibility index (Phi) is 4.76. The molecule has 0 aliphatic heterocycles. The van der Waals surface area contributed by atoms with Gasteiger partial charge in [-0.25, -0.2) is 10.2 Å². The molecule has 1 aliphatic rings. The van der Waals surface area contributed by atoms with Crippen LogP contribution in [0.15, 0.2) is 24.3 Å². The predicted octanol–water partition coefficient (Wildman–Crippen LogP) is 2.26. The molecule has 1 saturated carbocycles. The van der Waals surface area contributed by atoms with E-state index in [1.54, 1.807) is 0 Å². The molecule has 0 heterocycles. The van der Waals surface area contributed by atoms with Gasteiger partial charge in [0.2, 0.25) is 0 Å². The van der Waals surface area contributed by atoms with Crippen molar-refractivity contribution in [3.8, 4) is 0 Å². The molecule has 0 saturated heterocycles. The Morgan fingerprint density at radius 1 is 1.29 bits per heavy atom. The summed E-state index contributed by atoms with van der Waals surface area (Å²) in [5.74, 6) is 0. The molecule has 1 aliphatic carbocycles. The molecule has 0 radical (unpaired) electrons. The fraction of sp³-hybridized carbons (Fsp3) is 0.533. The van der Waals surface area contributed by atoms with E-state index in [2.05, 4.69) is 23.1 Å². The van der Waals surface area contributed by atoms with Gasteiger partial charge in [0.05, 0.1) is 11.1 Å². The molecular formula is C15H23ClN4O. The van der Waals surface area contributed by atoms with Gasteiger partial charge in [0.1, 0.15) is 0 Å². The number of nitrogens with one attached hydrogen (secondary N) is 3. The highest BCUT2D eigenvalue weighted by molar-refractivity contribution is 6.31. The molecule has 1 fully saturated rings. The number of carbonyl (C=O) groups is 1. The minimum Gasteiger partial charge on any atom is -0.351 e. The molecule has 21 heavy (non-hydrogen) atoms. The number of likely N-dealkylation sites (N-methyl/N-ethyl adjacent to an activating group) is 1. The lowest BCUT2D eigenvalue weighted by molar-refractivity contribution is 0.0809. The Morgan fingerprint density at radius 2 is 1.95 bits per heavy atom. The molecule has 2 rings (SSSR count). The summed E-state index contributed by atoms with van der Waals surface area (Å²) in [6.07, 6.45) is 4.01. The molecule has 0 aromatic heterocycles. The topological polar surface area (TPSA) is 79.2 Å². The predicted molar refractivity (Wildman–Crippen MR) is 84.9 cm³/mol. The number of halogens is 1. The van der Waals surface area contributed by atoms with Crippen LogP contribution in [0.3, 0.4) is 0 Å². The zero-order valence-corrected chi connectivity index (χ0v) is 13.3. The molecule has 0 spiro atoms. The third kappa shape index (κ3) is 2.86. The average Bonchev–Trinajstić information content (AvgIpc) is 2.47. The number of primary amides is 1. The minimum atomic E-state index is -0.592. The molecule has 1 aromatic carbocycles. The summed E-state index contributed by atoms with van der Waals surface area (Å²) in [5.41, 5.74) is 11.1. The van der Waals surface area contributed by atoms with E-state index in [1.165, 1.54) is 0 Å². The molecule has 2 atom stereocenters. The van der Waals surface area contributed by atoms with Gasteiger partial charge in [-0.05, 0) is 38.4 Å². The number of hydrogen-bond donors (Lipinski definition) is 4. The Balaban J connectivity index is 2.46. The lowest BCUT2D eigenvalue weighted by Gasteiger charge is -2.52. The lowest BCUT2D eigenvalue weighted by atomic mass is 9.64. The van der Waals surface area contributed by atoms with Crippen molar-refractivity contribution < 1.29 is 4.79 Å². The van der Waals surface area contributed by atoms with E-state index in [-0.39, 0.29) is 11.1 Å². The molecule has 5 N–H and O–H groups in total. The summed E-state index contributed by atoms with van der Waals surface area (Å²) in [7, 11) is 1.93. The van der Waals surface area contributed by atoms with E-state index in [0.29, 0.717) is 0 Å². The van der Waals surface area contributed by atoms with Gasteiger partial charge in [-0.2, -0.15) is 0 Å². The summed E-state index contributed by atoms with van der Waals surface area (Å²) in [5, 5.41) is 4.17. The number of rotatable bonds is 4. The second kappa shape index (κ2) is 6.22. The normalized spacial score (nSPS) is 29.1. The average molecular weight is 311 g/mol. The zero-order valence-electron chi connectivity index (χ0n) is 12.5. The summed E-state index contributed by atoms with van der Waals surface area (Å²) in [4.78, 5) is 11.1. The second-order valence-electron chi connectivity index (χ2n) is 5.79. The monoisotopic (exact) mass is 310 g/mol. The smallest absolute Gasteiger partial charge is 0.326 e. The highest BCUT2D eigenvalue weighted by atomic mass is 35.5. The van der Waals surface area contributed by atoms with Gasteiger partial charge in [-0.3, -0.25) is 5.43 Å². The molecule has 1 aromatic rings. The van der Waals surface area contributed by atoms with Crippen LogP contribution in [0.1, 0.15) is 38.2 Å². The highest BCUT2D eigenvalue weighted by Gasteiger charge is 2.51. The third-order valence-electron chi connectivity index (χ3n) is 4.64. The number of urea groups is 1. The quantitative estimate of drug-likeness (QED) is 0.644. The molecule has 2 unspecified atom stereocenters. The molecular weight excluding hydrogens is 288 g/mol. The number of amides is 2. The van der Waals surface area contributed by atoms with Crippen molar-refractivity contribution >= 4 is 17.6 Å². The van der Waals surface area contributed by atoms with Crippen molar-refractivity contribution in [1.82, 2.24) is 16.2 Å². The van der Waals surface area contributed by atoms with E-state index in [4.69, 9.17) is 17.3 Å². The van der Waals surface area contributed by atoms with Crippen molar-refractivity contribution in [3.05, 3.63) is 34.9 Å². The van der Waals surface area contributed by atoms with Crippen LogP contribution in [0.5, 0.6) is 0 Å². The van der Waals surface area contributed by atoms with Crippen LogP contribution in [-0.2, 0) is 5.54 Å². The Labute approximate surface area is 130 Å². The minimum absolute atomic E-state index is 0.369. The van der Waals surface area contributed by atoms with Crippen LogP contribution in [0, 0.1) is 0 Å². The van der Waals surface area contributed by atoms with Crippen molar-refractivity contribution in [2.75, 3.05) is 7.05 Å². The van der Waals surface area contributed by atoms with Crippen LogP contribution >= 0.6 is 11.6 Å². The highest BCUT2D eigenvalue weighted by Crippen LogP contribution is 2.46. The molecule has 5 nitrogen and oxygen atoms in total. The van der Waals surface area contributed by atoms with Crippen LogP contribution < -0.4 is 21.9 Å². The van der Waals surface area contributed by atoms with E-state index in [0.717, 1.165) is 36.3 Å². The van der Waals surface area contributed by atoms with Gasteiger partial charge >= 0.3 is 6.03 Å². The Morgan fingerprint density at radius 3 is 2.57 bits per heavy atom. The number of hydrazine groups is 1. The first kappa shape index (κ1) is 16.1. The molecule has 0 bridgehead atoms. The van der Waals surface area contributed by atoms with Crippen LogP contribution in [0.2, 0.25) is 5.02 Å². The fourth-order valence-corrected chi connectivity index (χ4v) is 3.80. The van der Waals surface area contributed by atoms with Gasteiger partial charge in [-0.15, -0.1) is 0 Å². The summed E-state index contributed by atoms with van der Waals surface area (Å²) in [6.45, 7) is 2.09. The van der Waals surface area contributed by atoms with Crippen molar-refractivity contribution in [2.45, 2.75) is 43.7 Å². The van der Waals surface area contributed by atoms with Gasteiger partial charge in [0.15, 0.2) is 0 Å². The van der Waals surface area contributed by atoms with Gasteiger partial charge in [0.25, 0.3) is 0 Å². The Bertz CT molecular complexity index is 524. The molecule has 2 amide bonds. The first-order valence-corrected chi connectivity index (χ1v) is 7.59. The standard InChI is InChI=1S/C15H23ClN4O/c1-14(20-19-13(17)21)9-5-6-10-15(14,18-2)11-7-3-4-8-12(11)16/h3-4,7-8,18,20H,5-6,9-10H2,1-2H3,(H3,17,19,21). The van der Waals surface area contributed by atoms with E-state index >= 15 is 0 Å². The summed E-state index contributed by atoms with van der Waals surface area (Å²) >= 11 is 6.44. The summed E-state index contributed by atoms with van der Waals surface area (Å²) in [6, 6.07) is 7.24. The first-order valence-electron chi connectivity index (χ1n) is 7.22. The number of nitrogens with two attached hydrogens (primary N) is 1. The Hall–Kier alpha value is -1.30. The fourth-order valence-electron chi connectivity index (χ4n) is 3.50. The van der Waals surface area contributed by atoms with Crippen LogP contribution in [0.25, 0.3) is 0 Å². The van der Waals surface area contributed by atoms with Crippen LogP contribution in [0.4, 0.5) is 4.79 Å². The summed E-state index contributed by atoms with van der Waals surface area (Å²) < 4.78 is 0. The van der Waals surface area contributed by atoms with Gasteiger partial charge in [-0.1, -0.05) is 42.6 Å². The zero-order chi connectivity index (χ0) is 15.5. The van der Waals surface area contributed by atoms with Gasteiger partial charge in [0, 0.05) is 5.02 Å².